The SMILES string of the molecule is CCOc1ccc(NC(=O)c2cccc(NC(=O)OC(C)(C)C)c2)cc1. The number of benzene rings is 2. The first-order valence-electron chi connectivity index (χ1n) is 8.41. The molecule has 26 heavy (non-hydrogen) atoms. The van der Waals surface area contributed by atoms with Crippen LogP contribution in [-0.2, 0) is 4.74 Å². The summed E-state index contributed by atoms with van der Waals surface area (Å²) in [6.45, 7) is 7.85. The van der Waals surface area contributed by atoms with Crippen molar-refractivity contribution in [2.45, 2.75) is 33.3 Å². The molecular formula is C20H24N2O4. The first kappa shape index (κ1) is 19.3. The standard InChI is InChI=1S/C20H24N2O4/c1-5-25-17-11-9-15(10-12-17)21-18(23)14-7-6-8-16(13-14)22-19(24)26-20(2,3)4/h6-13H,5H2,1-4H3,(H,21,23)(H,22,24). The molecular weight excluding hydrogens is 332 g/mol. The molecule has 2 aromatic rings. The Labute approximate surface area is 153 Å². The molecule has 0 aliphatic heterocycles. The summed E-state index contributed by atoms with van der Waals surface area (Å²) in [4.78, 5) is 24.2. The highest BCUT2D eigenvalue weighted by Gasteiger charge is 2.16. The van der Waals surface area contributed by atoms with Crippen molar-refractivity contribution in [2.75, 3.05) is 17.2 Å². The third kappa shape index (κ3) is 6.12. The zero-order chi connectivity index (χ0) is 19.2. The number of amides is 2. The van der Waals surface area contributed by atoms with Crippen LogP contribution in [0.1, 0.15) is 38.1 Å². The van der Waals surface area contributed by atoms with E-state index in [1.165, 1.54) is 0 Å². The summed E-state index contributed by atoms with van der Waals surface area (Å²) in [6.07, 6.45) is -0.568. The average molecular weight is 356 g/mol. The lowest BCUT2D eigenvalue weighted by atomic mass is 10.2. The van der Waals surface area contributed by atoms with Crippen molar-refractivity contribution in [2.24, 2.45) is 0 Å². The lowest BCUT2D eigenvalue weighted by Crippen LogP contribution is -2.27. The van der Waals surface area contributed by atoms with Crippen LogP contribution in [0.2, 0.25) is 0 Å². The maximum Gasteiger partial charge on any atom is 0.412 e. The second kappa shape index (κ2) is 8.38. The van der Waals surface area contributed by atoms with Crippen molar-refractivity contribution in [3.8, 4) is 5.75 Å². The smallest absolute Gasteiger partial charge is 0.412 e. The van der Waals surface area contributed by atoms with Gasteiger partial charge in [-0.05, 0) is 70.2 Å². The van der Waals surface area contributed by atoms with Crippen molar-refractivity contribution in [3.05, 3.63) is 54.1 Å². The summed E-state index contributed by atoms with van der Waals surface area (Å²) in [5.41, 5.74) is 0.974. The first-order chi connectivity index (χ1) is 12.3. The quantitative estimate of drug-likeness (QED) is 0.815. The Morgan fingerprint density at radius 1 is 0.962 bits per heavy atom. The van der Waals surface area contributed by atoms with Gasteiger partial charge >= 0.3 is 6.09 Å². The number of hydrogen-bond donors (Lipinski definition) is 2. The summed E-state index contributed by atoms with van der Waals surface area (Å²) >= 11 is 0. The van der Waals surface area contributed by atoms with Gasteiger partial charge < -0.3 is 14.8 Å². The van der Waals surface area contributed by atoms with E-state index in [1.54, 1.807) is 69.3 Å². The van der Waals surface area contributed by atoms with Crippen LogP contribution in [0.4, 0.5) is 16.2 Å². The number of carbonyl (C=O) groups excluding carboxylic acids is 2. The summed E-state index contributed by atoms with van der Waals surface area (Å²) < 4.78 is 10.6. The maximum absolute atomic E-state index is 12.4. The third-order valence-electron chi connectivity index (χ3n) is 3.19. The molecule has 2 amide bonds. The van der Waals surface area contributed by atoms with Gasteiger partial charge in [-0.2, -0.15) is 0 Å². The molecule has 0 fully saturated rings. The topological polar surface area (TPSA) is 76.7 Å². The molecule has 2 rings (SSSR count). The van der Waals surface area contributed by atoms with Gasteiger partial charge in [0.1, 0.15) is 11.4 Å². The number of rotatable bonds is 5. The van der Waals surface area contributed by atoms with Crippen LogP contribution in [0.15, 0.2) is 48.5 Å². The molecule has 0 saturated heterocycles. The Hall–Kier alpha value is -3.02. The predicted octanol–water partition coefficient (Wildman–Crippen LogP) is 4.68. The van der Waals surface area contributed by atoms with Gasteiger partial charge in [-0.3, -0.25) is 10.1 Å². The van der Waals surface area contributed by atoms with Crippen molar-refractivity contribution in [1.82, 2.24) is 0 Å². The average Bonchev–Trinajstić information content (AvgIpc) is 2.55. The lowest BCUT2D eigenvalue weighted by molar-refractivity contribution is 0.0635. The molecule has 6 nitrogen and oxygen atoms in total. The minimum atomic E-state index is -0.591. The number of hydrogen-bond acceptors (Lipinski definition) is 4. The normalized spacial score (nSPS) is 10.8. The number of nitrogens with one attached hydrogen (secondary N) is 2. The number of ether oxygens (including phenoxy) is 2. The Balaban J connectivity index is 2.02. The zero-order valence-electron chi connectivity index (χ0n) is 15.5. The van der Waals surface area contributed by atoms with E-state index in [-0.39, 0.29) is 5.91 Å². The summed E-state index contributed by atoms with van der Waals surface area (Å²) in [7, 11) is 0. The molecule has 0 aromatic heterocycles. The van der Waals surface area contributed by atoms with Crippen LogP contribution in [-0.4, -0.2) is 24.2 Å². The second-order valence-electron chi connectivity index (χ2n) is 6.62. The van der Waals surface area contributed by atoms with E-state index in [9.17, 15) is 9.59 Å². The van der Waals surface area contributed by atoms with Crippen LogP contribution in [0.3, 0.4) is 0 Å². The van der Waals surface area contributed by atoms with Crippen molar-refractivity contribution >= 4 is 23.4 Å². The third-order valence-corrected chi connectivity index (χ3v) is 3.19. The van der Waals surface area contributed by atoms with Crippen LogP contribution in [0.25, 0.3) is 0 Å². The Morgan fingerprint density at radius 2 is 1.65 bits per heavy atom. The highest BCUT2D eigenvalue weighted by molar-refractivity contribution is 6.05. The lowest BCUT2D eigenvalue weighted by Gasteiger charge is -2.19. The fourth-order valence-corrected chi connectivity index (χ4v) is 2.16. The van der Waals surface area contributed by atoms with Gasteiger partial charge in [-0.15, -0.1) is 0 Å². The molecule has 138 valence electrons. The summed E-state index contributed by atoms with van der Waals surface area (Å²) in [5, 5.41) is 5.43. The van der Waals surface area contributed by atoms with Crippen molar-refractivity contribution in [1.29, 1.82) is 0 Å². The highest BCUT2D eigenvalue weighted by atomic mass is 16.6. The van der Waals surface area contributed by atoms with Gasteiger partial charge in [0.2, 0.25) is 0 Å². The Morgan fingerprint density at radius 3 is 2.27 bits per heavy atom. The van der Waals surface area contributed by atoms with E-state index in [2.05, 4.69) is 10.6 Å². The number of carbonyl (C=O) groups is 2. The minimum absolute atomic E-state index is 0.276. The van der Waals surface area contributed by atoms with Crippen molar-refractivity contribution < 1.29 is 19.1 Å². The largest absolute Gasteiger partial charge is 0.494 e. The predicted molar refractivity (Wildman–Crippen MR) is 102 cm³/mol. The number of anilines is 2. The van der Waals surface area contributed by atoms with E-state index >= 15 is 0 Å². The molecule has 6 heteroatoms. The highest BCUT2D eigenvalue weighted by Crippen LogP contribution is 2.18. The molecule has 0 heterocycles. The van der Waals surface area contributed by atoms with Gasteiger partial charge in [-0.1, -0.05) is 6.07 Å². The molecule has 0 unspecified atom stereocenters. The molecule has 0 atom stereocenters. The molecule has 0 bridgehead atoms. The molecule has 0 saturated carbocycles. The summed E-state index contributed by atoms with van der Waals surface area (Å²) in [6, 6.07) is 13.8. The fourth-order valence-electron chi connectivity index (χ4n) is 2.16. The maximum atomic E-state index is 12.4. The second-order valence-corrected chi connectivity index (χ2v) is 6.62. The van der Waals surface area contributed by atoms with E-state index < -0.39 is 11.7 Å². The molecule has 0 aliphatic rings. The van der Waals surface area contributed by atoms with Gasteiger partial charge in [-0.25, -0.2) is 4.79 Å². The summed E-state index contributed by atoms with van der Waals surface area (Å²) in [5.74, 6) is 0.469. The molecule has 0 radical (unpaired) electrons. The monoisotopic (exact) mass is 356 g/mol. The van der Waals surface area contributed by atoms with E-state index in [4.69, 9.17) is 9.47 Å². The van der Waals surface area contributed by atoms with Gasteiger partial charge in [0.15, 0.2) is 0 Å². The van der Waals surface area contributed by atoms with E-state index in [0.717, 1.165) is 5.75 Å². The Bertz CT molecular complexity index is 764. The van der Waals surface area contributed by atoms with Crippen LogP contribution in [0, 0.1) is 0 Å². The first-order valence-corrected chi connectivity index (χ1v) is 8.41. The van der Waals surface area contributed by atoms with Gasteiger partial charge in [0, 0.05) is 16.9 Å². The van der Waals surface area contributed by atoms with Crippen LogP contribution in [0.5, 0.6) is 5.75 Å². The van der Waals surface area contributed by atoms with E-state index in [0.29, 0.717) is 23.5 Å². The molecule has 2 aromatic carbocycles. The zero-order valence-corrected chi connectivity index (χ0v) is 15.5. The fraction of sp³-hybridized carbons (Fsp3) is 0.300. The molecule has 0 spiro atoms. The van der Waals surface area contributed by atoms with E-state index in [1.807, 2.05) is 6.92 Å². The minimum Gasteiger partial charge on any atom is -0.494 e. The molecule has 0 aliphatic carbocycles. The van der Waals surface area contributed by atoms with Crippen molar-refractivity contribution in [3.63, 3.8) is 0 Å². The van der Waals surface area contributed by atoms with Crippen LogP contribution >= 0.6 is 0 Å². The Kier molecular flexibility index (Phi) is 6.22. The molecule has 2 N–H and O–H groups in total. The van der Waals surface area contributed by atoms with Gasteiger partial charge in [0.25, 0.3) is 5.91 Å². The van der Waals surface area contributed by atoms with Crippen LogP contribution < -0.4 is 15.4 Å². The van der Waals surface area contributed by atoms with Gasteiger partial charge in [0.05, 0.1) is 6.61 Å².